The number of carboxylic acid groups (broad SMARTS) is 1. The molecule has 1 aliphatic carbocycles. The van der Waals surface area contributed by atoms with E-state index in [2.05, 4.69) is 30.5 Å². The smallest absolute Gasteiger partial charge is 0.305 e. The number of hydrogen-bond donors (Lipinski definition) is 4. The van der Waals surface area contributed by atoms with Gasteiger partial charge in [-0.25, -0.2) is 0 Å². The van der Waals surface area contributed by atoms with E-state index in [9.17, 15) is 14.7 Å². The molecule has 1 aliphatic heterocycles. The minimum absolute atomic E-state index is 0.0505. The molecule has 7 nitrogen and oxygen atoms in total. The summed E-state index contributed by atoms with van der Waals surface area (Å²) in [4.78, 5) is 21.5. The fraction of sp³-hybridized carbons (Fsp3) is 0.714. The van der Waals surface area contributed by atoms with Crippen LogP contribution in [0.5, 0.6) is 0 Å². The van der Waals surface area contributed by atoms with E-state index < -0.39 is 5.97 Å². The second-order valence-electron chi connectivity index (χ2n) is 9.55. The first-order valence-electron chi connectivity index (χ1n) is 13.0. The van der Waals surface area contributed by atoms with E-state index in [1.807, 2.05) is 13.0 Å². The summed E-state index contributed by atoms with van der Waals surface area (Å²) >= 11 is 0. The molecule has 1 amide bonds. The number of aliphatic hydroxyl groups is 2. The number of aliphatic hydroxyl groups excluding tert-OH is 2. The van der Waals surface area contributed by atoms with Gasteiger partial charge in [0.05, 0.1) is 12.0 Å². The van der Waals surface area contributed by atoms with Crippen LogP contribution in [0.1, 0.15) is 79.1 Å². The van der Waals surface area contributed by atoms with Crippen LogP contribution in [-0.2, 0) is 14.3 Å². The van der Waals surface area contributed by atoms with Crippen molar-refractivity contribution in [3.8, 4) is 0 Å². The Bertz CT molecular complexity index is 662. The molecule has 2 atom stereocenters. The molecule has 0 aromatic carbocycles. The summed E-state index contributed by atoms with van der Waals surface area (Å²) in [6.07, 6.45) is 18.8. The van der Waals surface area contributed by atoms with Gasteiger partial charge in [0.1, 0.15) is 0 Å². The van der Waals surface area contributed by atoms with Crippen LogP contribution in [0, 0.1) is 17.8 Å². The molecular formula is C28H49NO6. The van der Waals surface area contributed by atoms with E-state index in [4.69, 9.17) is 14.9 Å². The molecule has 0 aromatic heterocycles. The van der Waals surface area contributed by atoms with Crippen LogP contribution in [0.2, 0.25) is 0 Å². The van der Waals surface area contributed by atoms with Gasteiger partial charge in [-0.3, -0.25) is 9.59 Å². The third-order valence-corrected chi connectivity index (χ3v) is 6.22. The summed E-state index contributed by atoms with van der Waals surface area (Å²) in [7, 11) is 1.00. The lowest BCUT2D eigenvalue weighted by Gasteiger charge is -2.28. The van der Waals surface area contributed by atoms with Gasteiger partial charge in [-0.15, -0.1) is 0 Å². The van der Waals surface area contributed by atoms with Gasteiger partial charge in [0.25, 0.3) is 0 Å². The molecule has 1 heterocycles. The lowest BCUT2D eigenvalue weighted by atomic mass is 9.83. The molecule has 2 fully saturated rings. The Morgan fingerprint density at radius 3 is 2.23 bits per heavy atom. The lowest BCUT2D eigenvalue weighted by molar-refractivity contribution is -0.140. The van der Waals surface area contributed by atoms with Crippen LogP contribution in [0.3, 0.4) is 0 Å². The summed E-state index contributed by atoms with van der Waals surface area (Å²) < 4.78 is 5.76. The van der Waals surface area contributed by atoms with Crippen molar-refractivity contribution >= 4 is 11.9 Å². The molecular weight excluding hydrogens is 446 g/mol. The number of ether oxygens (including phenoxy) is 1. The van der Waals surface area contributed by atoms with Crippen LogP contribution in [0.15, 0.2) is 36.0 Å². The molecule has 1 saturated heterocycles. The van der Waals surface area contributed by atoms with Crippen LogP contribution >= 0.6 is 0 Å². The van der Waals surface area contributed by atoms with Crippen molar-refractivity contribution in [2.24, 2.45) is 17.8 Å². The second-order valence-corrected chi connectivity index (χ2v) is 9.55. The van der Waals surface area contributed by atoms with Crippen molar-refractivity contribution in [3.63, 3.8) is 0 Å². The van der Waals surface area contributed by atoms with E-state index >= 15 is 0 Å². The van der Waals surface area contributed by atoms with Gasteiger partial charge in [0, 0.05) is 26.4 Å². The van der Waals surface area contributed by atoms with Gasteiger partial charge in [0.2, 0.25) is 5.91 Å². The zero-order valence-electron chi connectivity index (χ0n) is 22.4. The zero-order chi connectivity index (χ0) is 26.6. The lowest BCUT2D eigenvalue weighted by Crippen LogP contribution is -2.36. The zero-order valence-corrected chi connectivity index (χ0v) is 22.4. The highest BCUT2D eigenvalue weighted by Crippen LogP contribution is 2.28. The molecule has 0 radical (unpaired) electrons. The predicted molar refractivity (Wildman–Crippen MR) is 141 cm³/mol. The molecule has 2 unspecified atom stereocenters. The number of carboxylic acids is 1. The maximum atomic E-state index is 11.8. The molecule has 1 saturated carbocycles. The quantitative estimate of drug-likeness (QED) is 0.273. The van der Waals surface area contributed by atoms with Crippen molar-refractivity contribution in [1.82, 2.24) is 5.32 Å². The van der Waals surface area contributed by atoms with Crippen LogP contribution in [0.25, 0.3) is 0 Å². The van der Waals surface area contributed by atoms with E-state index in [0.29, 0.717) is 12.0 Å². The average molecular weight is 496 g/mol. The average Bonchev–Trinajstić information content (AvgIpc) is 2.87. The van der Waals surface area contributed by atoms with Gasteiger partial charge in [-0.05, 0) is 76.2 Å². The number of allylic oxidation sites excluding steroid dienone is 4. The molecule has 2 aliphatic rings. The molecule has 2 rings (SSSR count). The highest BCUT2D eigenvalue weighted by Gasteiger charge is 2.21. The standard InChI is InChI=1S/C23H37NO3.C4H8O2.CH4O/c1-3-4-5-23(26)24-21-11-9-19(10-12-21)8-6-18(2)7-13-22-16-20(17-25)14-15-27-22;1-3(2)4(5)6;1-2/h4-7,13,19-22,25H,3,8-12,14-17H2,1-2H3,(H,24,26);3H,1-2H3,(H,5,6);2H,1H3/b5-4-,13-7+,18-6+;;. The van der Waals surface area contributed by atoms with E-state index in [1.165, 1.54) is 18.4 Å². The SMILES string of the molecule is CC(C)C(=O)O.CC/C=C\C(=O)NC1CCC(C/C=C(C)/C=C/C2CC(CO)CCO2)CC1.CO. The number of carbonyl (C=O) groups is 2. The molecule has 0 aromatic rings. The second kappa shape index (κ2) is 20.3. The highest BCUT2D eigenvalue weighted by molar-refractivity contribution is 5.87. The van der Waals surface area contributed by atoms with E-state index in [0.717, 1.165) is 58.2 Å². The summed E-state index contributed by atoms with van der Waals surface area (Å²) in [6, 6.07) is 0.336. The number of rotatable bonds is 9. The topological polar surface area (TPSA) is 116 Å². The van der Waals surface area contributed by atoms with Gasteiger partial charge in [0.15, 0.2) is 0 Å². The minimum Gasteiger partial charge on any atom is -0.481 e. The Morgan fingerprint density at radius 1 is 1.06 bits per heavy atom. The van der Waals surface area contributed by atoms with Crippen LogP contribution < -0.4 is 5.32 Å². The molecule has 0 spiro atoms. The van der Waals surface area contributed by atoms with Crippen molar-refractivity contribution in [2.75, 3.05) is 20.3 Å². The Balaban J connectivity index is 0.00000126. The third-order valence-electron chi connectivity index (χ3n) is 6.22. The van der Waals surface area contributed by atoms with Gasteiger partial charge >= 0.3 is 5.97 Å². The van der Waals surface area contributed by atoms with Gasteiger partial charge in [-0.1, -0.05) is 50.6 Å². The Hall–Kier alpha value is -1.96. The van der Waals surface area contributed by atoms with Crippen LogP contribution in [0.4, 0.5) is 0 Å². The maximum Gasteiger partial charge on any atom is 0.305 e. The normalized spacial score (nSPS) is 25.0. The Morgan fingerprint density at radius 2 is 1.69 bits per heavy atom. The summed E-state index contributed by atoms with van der Waals surface area (Å²) in [5.41, 5.74) is 1.28. The third kappa shape index (κ3) is 16.4. The molecule has 7 heteroatoms. The van der Waals surface area contributed by atoms with Gasteiger partial charge < -0.3 is 25.4 Å². The fourth-order valence-corrected chi connectivity index (χ4v) is 3.90. The molecule has 0 bridgehead atoms. The first-order valence-corrected chi connectivity index (χ1v) is 13.0. The maximum absolute atomic E-state index is 11.8. The molecule has 35 heavy (non-hydrogen) atoms. The first kappa shape index (κ1) is 33.0. The van der Waals surface area contributed by atoms with Crippen molar-refractivity contribution in [2.45, 2.75) is 91.2 Å². The van der Waals surface area contributed by atoms with Crippen molar-refractivity contribution in [3.05, 3.63) is 36.0 Å². The fourth-order valence-electron chi connectivity index (χ4n) is 3.90. The number of amides is 1. The van der Waals surface area contributed by atoms with Gasteiger partial charge in [-0.2, -0.15) is 0 Å². The Kier molecular flexibility index (Phi) is 19.1. The van der Waals surface area contributed by atoms with Crippen molar-refractivity contribution < 1.29 is 29.6 Å². The Labute approximate surface area is 212 Å². The largest absolute Gasteiger partial charge is 0.481 e. The summed E-state index contributed by atoms with van der Waals surface area (Å²) in [6.45, 7) is 8.48. The van der Waals surface area contributed by atoms with Crippen molar-refractivity contribution in [1.29, 1.82) is 0 Å². The summed E-state index contributed by atoms with van der Waals surface area (Å²) in [5, 5.41) is 27.4. The summed E-state index contributed by atoms with van der Waals surface area (Å²) in [5.74, 6) is 0.178. The monoisotopic (exact) mass is 495 g/mol. The van der Waals surface area contributed by atoms with E-state index in [1.54, 1.807) is 19.9 Å². The molecule has 202 valence electrons. The number of carbonyl (C=O) groups excluding carboxylic acids is 1. The number of nitrogens with one attached hydrogen (secondary N) is 1. The first-order chi connectivity index (χ1) is 16.7. The number of aliphatic carboxylic acids is 1. The minimum atomic E-state index is -0.741. The number of hydrogen-bond acceptors (Lipinski definition) is 5. The van der Waals surface area contributed by atoms with E-state index in [-0.39, 0.29) is 24.5 Å². The highest BCUT2D eigenvalue weighted by atomic mass is 16.5. The predicted octanol–water partition coefficient (Wildman–Crippen LogP) is 4.64. The molecule has 4 N–H and O–H groups in total. The van der Waals surface area contributed by atoms with Crippen LogP contribution in [-0.4, -0.2) is 59.7 Å².